The Balaban J connectivity index is 1.55. The van der Waals surface area contributed by atoms with Crippen LogP contribution in [0.2, 0.25) is 0 Å². The van der Waals surface area contributed by atoms with Gasteiger partial charge in [0, 0.05) is 39.4 Å². The van der Waals surface area contributed by atoms with E-state index in [1.54, 1.807) is 30.4 Å². The first kappa shape index (κ1) is 17.0. The van der Waals surface area contributed by atoms with E-state index in [-0.39, 0.29) is 23.7 Å². The number of aryl methyl sites for hydroxylation is 1. The molecule has 1 aliphatic heterocycles. The van der Waals surface area contributed by atoms with Gasteiger partial charge in [-0.15, -0.1) is 0 Å². The first-order chi connectivity index (χ1) is 12.6. The summed E-state index contributed by atoms with van der Waals surface area (Å²) in [6.07, 6.45) is 8.40. The number of methoxy groups -OCH3 is 1. The van der Waals surface area contributed by atoms with Gasteiger partial charge in [-0.1, -0.05) is 6.07 Å². The van der Waals surface area contributed by atoms with Crippen LogP contribution in [0.25, 0.3) is 0 Å². The second-order valence-corrected chi connectivity index (χ2v) is 7.11. The molecule has 4 rings (SSSR count). The molecule has 1 aliphatic carbocycles. The van der Waals surface area contributed by atoms with E-state index in [9.17, 15) is 4.79 Å². The van der Waals surface area contributed by atoms with E-state index in [1.165, 1.54) is 0 Å². The minimum absolute atomic E-state index is 0.00244. The minimum atomic E-state index is -0.280. The Morgan fingerprint density at radius 3 is 2.92 bits per heavy atom. The third kappa shape index (κ3) is 2.86. The molecule has 0 unspecified atom stereocenters. The molecule has 26 heavy (non-hydrogen) atoms. The van der Waals surface area contributed by atoms with Gasteiger partial charge >= 0.3 is 0 Å². The molecular formula is C19H24N4O3. The van der Waals surface area contributed by atoms with Crippen LogP contribution in [0.3, 0.4) is 0 Å². The summed E-state index contributed by atoms with van der Waals surface area (Å²) in [6, 6.07) is 5.65. The van der Waals surface area contributed by atoms with Crippen molar-refractivity contribution >= 4 is 5.91 Å². The van der Waals surface area contributed by atoms with Crippen LogP contribution >= 0.6 is 0 Å². The van der Waals surface area contributed by atoms with Crippen LogP contribution in [-0.4, -0.2) is 56.7 Å². The second kappa shape index (κ2) is 6.72. The van der Waals surface area contributed by atoms with Crippen molar-refractivity contribution in [3.05, 3.63) is 42.6 Å². The largest absolute Gasteiger partial charge is 0.474 e. The molecule has 1 amide bonds. The van der Waals surface area contributed by atoms with Crippen molar-refractivity contribution in [3.63, 3.8) is 0 Å². The quantitative estimate of drug-likeness (QED) is 0.839. The summed E-state index contributed by atoms with van der Waals surface area (Å²) >= 11 is 0. The van der Waals surface area contributed by atoms with Crippen molar-refractivity contribution in [1.82, 2.24) is 19.4 Å². The Hall–Kier alpha value is -2.41. The van der Waals surface area contributed by atoms with Gasteiger partial charge < -0.3 is 18.9 Å². The molecule has 2 aromatic heterocycles. The number of carbonyl (C=O) groups is 1. The van der Waals surface area contributed by atoms with Crippen LogP contribution < -0.4 is 4.74 Å². The Morgan fingerprint density at radius 1 is 1.35 bits per heavy atom. The van der Waals surface area contributed by atoms with Crippen LogP contribution in [0.15, 0.2) is 36.9 Å². The fraction of sp³-hybridized carbons (Fsp3) is 0.526. The number of hydrogen-bond acceptors (Lipinski definition) is 5. The van der Waals surface area contributed by atoms with Gasteiger partial charge in [-0.3, -0.25) is 4.79 Å². The molecule has 3 atom stereocenters. The average molecular weight is 356 g/mol. The van der Waals surface area contributed by atoms with Crippen LogP contribution in [0.4, 0.5) is 0 Å². The highest BCUT2D eigenvalue weighted by Crippen LogP contribution is 2.43. The van der Waals surface area contributed by atoms with Crippen molar-refractivity contribution in [2.75, 3.05) is 13.7 Å². The third-order valence-corrected chi connectivity index (χ3v) is 5.76. The number of rotatable bonds is 4. The normalized spacial score (nSPS) is 28.0. The molecule has 0 N–H and O–H groups in total. The number of fused-ring (bicyclic) bond motifs is 1. The van der Waals surface area contributed by atoms with Crippen molar-refractivity contribution in [2.24, 2.45) is 7.05 Å². The number of carbonyl (C=O) groups excluding carboxylic acids is 1. The molecule has 0 aromatic carbocycles. The maximum Gasteiger partial charge on any atom is 0.272 e. The lowest BCUT2D eigenvalue weighted by Crippen LogP contribution is -2.53. The molecule has 2 aliphatic rings. The van der Waals surface area contributed by atoms with Gasteiger partial charge in [-0.05, 0) is 25.3 Å². The lowest BCUT2D eigenvalue weighted by atomic mass is 9.79. The molecule has 7 nitrogen and oxygen atoms in total. The maximum atomic E-state index is 13.1. The van der Waals surface area contributed by atoms with E-state index in [2.05, 4.69) is 9.97 Å². The lowest BCUT2D eigenvalue weighted by molar-refractivity contribution is -0.0789. The fourth-order valence-corrected chi connectivity index (χ4v) is 4.31. The van der Waals surface area contributed by atoms with Crippen LogP contribution in [0.5, 0.6) is 5.88 Å². The first-order valence-corrected chi connectivity index (χ1v) is 9.03. The number of imidazole rings is 1. The molecule has 2 aromatic rings. The molecule has 0 spiro atoms. The SMILES string of the molecule is CO[C@@]12CC[C@@H](Oc3ccccn3)C[C@@H]1N(C(=O)c1cncn1C)CC2. The smallest absolute Gasteiger partial charge is 0.272 e. The predicted octanol–water partition coefficient (Wildman–Crippen LogP) is 2.05. The summed E-state index contributed by atoms with van der Waals surface area (Å²) < 4.78 is 13.8. The summed E-state index contributed by atoms with van der Waals surface area (Å²) in [5, 5.41) is 0. The van der Waals surface area contributed by atoms with Crippen molar-refractivity contribution in [2.45, 2.75) is 43.4 Å². The van der Waals surface area contributed by atoms with E-state index < -0.39 is 0 Å². The van der Waals surface area contributed by atoms with Gasteiger partial charge in [0.1, 0.15) is 11.8 Å². The molecule has 3 heterocycles. The highest BCUT2D eigenvalue weighted by Gasteiger charge is 2.53. The summed E-state index contributed by atoms with van der Waals surface area (Å²) in [4.78, 5) is 23.3. The molecule has 138 valence electrons. The molecule has 7 heteroatoms. The predicted molar refractivity (Wildman–Crippen MR) is 94.9 cm³/mol. The Labute approximate surface area is 152 Å². The van der Waals surface area contributed by atoms with Gasteiger partial charge in [0.05, 0.1) is 24.2 Å². The van der Waals surface area contributed by atoms with Crippen molar-refractivity contribution in [1.29, 1.82) is 0 Å². The maximum absolute atomic E-state index is 13.1. The summed E-state index contributed by atoms with van der Waals surface area (Å²) in [7, 11) is 3.60. The van der Waals surface area contributed by atoms with Gasteiger partial charge in [0.2, 0.25) is 5.88 Å². The van der Waals surface area contributed by atoms with Crippen LogP contribution in [0, 0.1) is 0 Å². The van der Waals surface area contributed by atoms with Crippen molar-refractivity contribution < 1.29 is 14.3 Å². The van der Waals surface area contributed by atoms with E-state index in [4.69, 9.17) is 9.47 Å². The number of amides is 1. The van der Waals surface area contributed by atoms with Crippen molar-refractivity contribution in [3.8, 4) is 5.88 Å². The van der Waals surface area contributed by atoms with E-state index in [1.807, 2.05) is 30.1 Å². The molecule has 1 saturated carbocycles. The number of ether oxygens (including phenoxy) is 2. The molecule has 2 fully saturated rings. The standard InChI is InChI=1S/C19H24N4O3/c1-22-13-20-12-15(22)18(24)23-10-8-19(25-2)7-6-14(11-16(19)23)26-17-5-3-4-9-21-17/h3-5,9,12-14,16H,6-8,10-11H2,1-2H3/t14-,16+,19-/m1/s1. The Bertz CT molecular complexity index is 778. The number of hydrogen-bond donors (Lipinski definition) is 0. The molecule has 0 bridgehead atoms. The molecule has 1 saturated heterocycles. The van der Waals surface area contributed by atoms with E-state index in [0.717, 1.165) is 25.7 Å². The first-order valence-electron chi connectivity index (χ1n) is 9.03. The average Bonchev–Trinajstić information content (AvgIpc) is 3.26. The van der Waals surface area contributed by atoms with E-state index >= 15 is 0 Å². The topological polar surface area (TPSA) is 69.5 Å². The van der Waals surface area contributed by atoms with E-state index in [0.29, 0.717) is 18.1 Å². The summed E-state index contributed by atoms with van der Waals surface area (Å²) in [5.41, 5.74) is 0.322. The number of pyridine rings is 1. The summed E-state index contributed by atoms with van der Waals surface area (Å²) in [5.74, 6) is 0.636. The Morgan fingerprint density at radius 2 is 2.23 bits per heavy atom. The fourth-order valence-electron chi connectivity index (χ4n) is 4.31. The minimum Gasteiger partial charge on any atom is -0.474 e. The zero-order chi connectivity index (χ0) is 18.1. The summed E-state index contributed by atoms with van der Waals surface area (Å²) in [6.45, 7) is 0.693. The molecule has 0 radical (unpaired) electrons. The molecular weight excluding hydrogens is 332 g/mol. The second-order valence-electron chi connectivity index (χ2n) is 7.11. The third-order valence-electron chi connectivity index (χ3n) is 5.76. The highest BCUT2D eigenvalue weighted by atomic mass is 16.5. The lowest BCUT2D eigenvalue weighted by Gasteiger charge is -2.43. The monoisotopic (exact) mass is 356 g/mol. The zero-order valence-electron chi connectivity index (χ0n) is 15.2. The highest BCUT2D eigenvalue weighted by molar-refractivity contribution is 5.93. The van der Waals surface area contributed by atoms with Gasteiger partial charge in [-0.25, -0.2) is 9.97 Å². The van der Waals surface area contributed by atoms with Crippen LogP contribution in [0.1, 0.15) is 36.2 Å². The Kier molecular flexibility index (Phi) is 4.40. The number of likely N-dealkylation sites (tertiary alicyclic amines) is 1. The van der Waals surface area contributed by atoms with Gasteiger partial charge in [0.15, 0.2) is 0 Å². The number of nitrogens with zero attached hydrogens (tertiary/aromatic N) is 4. The van der Waals surface area contributed by atoms with Gasteiger partial charge in [0.25, 0.3) is 5.91 Å². The zero-order valence-corrected chi connectivity index (χ0v) is 15.2. The van der Waals surface area contributed by atoms with Gasteiger partial charge in [-0.2, -0.15) is 0 Å². The van der Waals surface area contributed by atoms with Crippen LogP contribution in [-0.2, 0) is 11.8 Å². The number of aromatic nitrogens is 3.